The van der Waals surface area contributed by atoms with E-state index in [0.717, 1.165) is 0 Å². The van der Waals surface area contributed by atoms with Gasteiger partial charge in [0.2, 0.25) is 29.1 Å². The second kappa shape index (κ2) is 17.0. The van der Waals surface area contributed by atoms with Crippen molar-refractivity contribution in [1.82, 2.24) is 29.9 Å². The van der Waals surface area contributed by atoms with Crippen LogP contribution in [0.1, 0.15) is 17.0 Å². The highest BCUT2D eigenvalue weighted by Crippen LogP contribution is 2.26. The van der Waals surface area contributed by atoms with Gasteiger partial charge in [-0.05, 0) is 53.9 Å². The summed E-state index contributed by atoms with van der Waals surface area (Å²) in [5.74, 6) is 1.00. The number of hydrogen-bond donors (Lipinski definition) is 7. The lowest BCUT2D eigenvalue weighted by molar-refractivity contribution is 0.279. The average molecular weight is 703 g/mol. The molecule has 19 heteroatoms. The number of hydrogen-bond acceptors (Lipinski definition) is 16. The molecule has 0 aliphatic rings. The van der Waals surface area contributed by atoms with E-state index >= 15 is 0 Å². The Balaban J connectivity index is 1.51. The molecule has 0 fully saturated rings. The third kappa shape index (κ3) is 10.2. The molecule has 0 saturated carbocycles. The van der Waals surface area contributed by atoms with Gasteiger partial charge in [-0.1, -0.05) is 30.4 Å². The van der Waals surface area contributed by atoms with Crippen molar-refractivity contribution >= 4 is 69.0 Å². The molecule has 7 N–H and O–H groups in total. The number of anilines is 6. The summed E-state index contributed by atoms with van der Waals surface area (Å²) in [7, 11) is -4.64. The number of aliphatic hydroxyl groups excluding tert-OH is 4. The van der Waals surface area contributed by atoms with Crippen LogP contribution in [0, 0.1) is 6.92 Å². The van der Waals surface area contributed by atoms with Crippen molar-refractivity contribution in [2.75, 3.05) is 73.0 Å². The highest BCUT2D eigenvalue weighted by Gasteiger charge is 2.17. The van der Waals surface area contributed by atoms with Gasteiger partial charge in [0, 0.05) is 37.6 Å². The van der Waals surface area contributed by atoms with Gasteiger partial charge in [0.05, 0.1) is 26.4 Å². The van der Waals surface area contributed by atoms with Crippen LogP contribution in [0.25, 0.3) is 12.2 Å². The maximum Gasteiger partial charge on any atom is 0.295 e. The molecule has 4 rings (SSSR count). The molecular weight excluding hydrogens is 668 g/mol. The molecule has 2 heterocycles. The number of aliphatic hydroxyl groups is 4. The van der Waals surface area contributed by atoms with Crippen LogP contribution in [0.2, 0.25) is 5.28 Å². The first-order valence-electron chi connectivity index (χ1n) is 14.5. The standard InChI is InChI=1S/C29H35ClN10O7S/c1-19-31-26(37-28(32-19)39(10-14-41)11-15-42)34-23-9-6-21(24(18-23)48(45,46)47)5-2-20-3-7-22(8-4-20)33-27-35-25(30)36-29(38-27)40(12-16-43)13-17-44/h2-9,18,41-44H,10-17H2,1H3,(H,45,46,47)(H,31,32,34,37)(H,33,35,36,38)/b5-2+. The fourth-order valence-electron chi connectivity index (χ4n) is 4.40. The third-order valence-corrected chi connectivity index (χ3v) is 7.63. The molecule has 2 aromatic heterocycles. The van der Waals surface area contributed by atoms with E-state index in [2.05, 4.69) is 40.5 Å². The predicted molar refractivity (Wildman–Crippen MR) is 180 cm³/mol. The molecular formula is C29H35ClN10O7S. The highest BCUT2D eigenvalue weighted by atomic mass is 35.5. The van der Waals surface area contributed by atoms with Crippen LogP contribution in [0.3, 0.4) is 0 Å². The largest absolute Gasteiger partial charge is 0.395 e. The second-order valence-corrected chi connectivity index (χ2v) is 11.8. The Bertz CT molecular complexity index is 1810. The normalized spacial score (nSPS) is 11.6. The Morgan fingerprint density at radius 2 is 1.23 bits per heavy atom. The first-order chi connectivity index (χ1) is 23.0. The van der Waals surface area contributed by atoms with Gasteiger partial charge in [-0.2, -0.15) is 38.3 Å². The molecule has 0 aliphatic carbocycles. The van der Waals surface area contributed by atoms with E-state index in [1.54, 1.807) is 53.1 Å². The van der Waals surface area contributed by atoms with Crippen molar-refractivity contribution in [3.05, 3.63) is 64.7 Å². The van der Waals surface area contributed by atoms with E-state index < -0.39 is 10.1 Å². The molecule has 0 spiro atoms. The van der Waals surface area contributed by atoms with E-state index in [4.69, 9.17) is 11.6 Å². The summed E-state index contributed by atoms with van der Waals surface area (Å²) < 4.78 is 34.7. The van der Waals surface area contributed by atoms with Gasteiger partial charge in [-0.15, -0.1) is 0 Å². The van der Waals surface area contributed by atoms with Gasteiger partial charge < -0.3 is 40.9 Å². The molecule has 0 aliphatic heterocycles. The quantitative estimate of drug-likeness (QED) is 0.0609. The van der Waals surface area contributed by atoms with Gasteiger partial charge >= 0.3 is 0 Å². The summed E-state index contributed by atoms with van der Waals surface area (Å²) in [5, 5.41) is 43.2. The number of rotatable bonds is 17. The third-order valence-electron chi connectivity index (χ3n) is 6.55. The van der Waals surface area contributed by atoms with Crippen LogP contribution >= 0.6 is 11.6 Å². The Labute approximate surface area is 281 Å². The van der Waals surface area contributed by atoms with Crippen molar-refractivity contribution in [3.63, 3.8) is 0 Å². The first-order valence-corrected chi connectivity index (χ1v) is 16.4. The SMILES string of the molecule is Cc1nc(Nc2ccc(/C=C/c3ccc(Nc4nc(Cl)nc(N(CCO)CCO)n4)cc3)c(S(=O)(=O)O)c2)nc(N(CCO)CCO)n1. The van der Waals surface area contributed by atoms with E-state index in [-0.39, 0.29) is 97.8 Å². The number of aryl methyl sites for hydroxylation is 1. The monoisotopic (exact) mass is 702 g/mol. The minimum atomic E-state index is -4.64. The minimum Gasteiger partial charge on any atom is -0.395 e. The summed E-state index contributed by atoms with van der Waals surface area (Å²) in [6.07, 6.45) is 3.20. The Morgan fingerprint density at radius 1 is 0.708 bits per heavy atom. The lowest BCUT2D eigenvalue weighted by Gasteiger charge is -2.21. The topological polar surface area (TPSA) is 243 Å². The molecule has 0 bridgehead atoms. The smallest absolute Gasteiger partial charge is 0.295 e. The summed E-state index contributed by atoms with van der Waals surface area (Å²) in [6.45, 7) is 1.67. The summed E-state index contributed by atoms with van der Waals surface area (Å²) >= 11 is 6.07. The number of nitrogens with one attached hydrogen (secondary N) is 2. The molecule has 4 aromatic rings. The lowest BCUT2D eigenvalue weighted by atomic mass is 10.1. The van der Waals surface area contributed by atoms with Gasteiger partial charge in [0.25, 0.3) is 10.1 Å². The Kier molecular flexibility index (Phi) is 12.9. The lowest BCUT2D eigenvalue weighted by Crippen LogP contribution is -2.31. The number of halogens is 1. The maximum absolute atomic E-state index is 12.3. The molecule has 0 amide bonds. The molecule has 48 heavy (non-hydrogen) atoms. The van der Waals surface area contributed by atoms with Gasteiger partial charge in [-0.3, -0.25) is 4.55 Å². The first kappa shape index (κ1) is 36.3. The number of aromatic nitrogens is 6. The average Bonchev–Trinajstić information content (AvgIpc) is 3.03. The van der Waals surface area contributed by atoms with Gasteiger partial charge in [-0.25, -0.2) is 0 Å². The van der Waals surface area contributed by atoms with Crippen LogP contribution in [0.15, 0.2) is 47.4 Å². The van der Waals surface area contributed by atoms with Crippen LogP contribution < -0.4 is 20.4 Å². The fourth-order valence-corrected chi connectivity index (χ4v) is 5.27. The Hall–Kier alpha value is -4.56. The van der Waals surface area contributed by atoms with E-state index in [9.17, 15) is 33.4 Å². The van der Waals surface area contributed by atoms with Gasteiger partial charge in [0.1, 0.15) is 10.7 Å². The molecule has 2 aromatic carbocycles. The van der Waals surface area contributed by atoms with E-state index in [1.807, 2.05) is 0 Å². The summed E-state index contributed by atoms with van der Waals surface area (Å²) in [5.41, 5.74) is 1.81. The van der Waals surface area contributed by atoms with E-state index in [1.165, 1.54) is 18.2 Å². The molecule has 0 saturated heterocycles. The highest BCUT2D eigenvalue weighted by molar-refractivity contribution is 7.86. The Morgan fingerprint density at radius 3 is 1.79 bits per heavy atom. The van der Waals surface area contributed by atoms with Crippen molar-refractivity contribution in [1.29, 1.82) is 0 Å². The molecule has 0 radical (unpaired) electrons. The fraction of sp³-hybridized carbons (Fsp3) is 0.310. The number of benzene rings is 2. The molecule has 256 valence electrons. The van der Waals surface area contributed by atoms with Crippen molar-refractivity contribution in [2.45, 2.75) is 11.8 Å². The van der Waals surface area contributed by atoms with Crippen LogP contribution in [0.5, 0.6) is 0 Å². The number of nitrogens with zero attached hydrogens (tertiary/aromatic N) is 8. The molecule has 17 nitrogen and oxygen atoms in total. The maximum atomic E-state index is 12.3. The second-order valence-electron chi connectivity index (χ2n) is 10.0. The van der Waals surface area contributed by atoms with Crippen molar-refractivity contribution < 1.29 is 33.4 Å². The summed E-state index contributed by atoms with van der Waals surface area (Å²) in [6, 6.07) is 11.3. The minimum absolute atomic E-state index is 0.0744. The van der Waals surface area contributed by atoms with Crippen LogP contribution in [-0.2, 0) is 10.1 Å². The van der Waals surface area contributed by atoms with Crippen molar-refractivity contribution in [3.8, 4) is 0 Å². The van der Waals surface area contributed by atoms with Gasteiger partial charge in [0.15, 0.2) is 0 Å². The van der Waals surface area contributed by atoms with E-state index in [0.29, 0.717) is 17.1 Å². The zero-order valence-electron chi connectivity index (χ0n) is 25.8. The molecule has 0 atom stereocenters. The molecule has 0 unspecified atom stereocenters. The predicted octanol–water partition coefficient (Wildman–Crippen LogP) is 1.50. The van der Waals surface area contributed by atoms with Crippen LogP contribution in [-0.4, -0.2) is 116 Å². The summed E-state index contributed by atoms with van der Waals surface area (Å²) in [4.78, 5) is 28.1. The zero-order chi connectivity index (χ0) is 34.7. The van der Waals surface area contributed by atoms with Crippen molar-refractivity contribution in [2.24, 2.45) is 0 Å². The zero-order valence-corrected chi connectivity index (χ0v) is 27.3. The van der Waals surface area contributed by atoms with Crippen LogP contribution in [0.4, 0.5) is 35.2 Å².